The van der Waals surface area contributed by atoms with Crippen LogP contribution in [-0.2, 0) is 0 Å². The van der Waals surface area contributed by atoms with E-state index < -0.39 is 0 Å². The molecule has 6 saturated carbocycles. The van der Waals surface area contributed by atoms with Crippen molar-refractivity contribution in [2.75, 3.05) is 0 Å². The minimum atomic E-state index is 0.698. The number of rotatable bonds is 1. The molecule has 0 saturated heterocycles. The maximum absolute atomic E-state index is 2.67. The van der Waals surface area contributed by atoms with Gasteiger partial charge in [-0.1, -0.05) is 20.8 Å². The Balaban J connectivity index is 1.40. The van der Waals surface area contributed by atoms with Gasteiger partial charge < -0.3 is 0 Å². The molecular weight excluding hydrogens is 252 g/mol. The molecule has 0 N–H and O–H groups in total. The normalized spacial score (nSPS) is 69.1. The SMILES string of the molecule is CC(C)C1(C)CC2CC1C1C3CC(C4C5CCC(C5)C34)C21. The Bertz CT molecular complexity index is 492. The Morgan fingerprint density at radius 3 is 2.05 bits per heavy atom. The van der Waals surface area contributed by atoms with Crippen LogP contribution in [0.5, 0.6) is 0 Å². The number of hydrogen-bond donors (Lipinski definition) is 0. The fraction of sp³-hybridized carbons (Fsp3) is 1.00. The van der Waals surface area contributed by atoms with Crippen LogP contribution < -0.4 is 0 Å². The molecule has 0 amide bonds. The molecule has 6 fully saturated rings. The molecule has 6 rings (SSSR count). The van der Waals surface area contributed by atoms with Crippen LogP contribution in [0.25, 0.3) is 0 Å². The molecule has 116 valence electrons. The van der Waals surface area contributed by atoms with Crippen molar-refractivity contribution in [3.05, 3.63) is 0 Å². The highest BCUT2D eigenvalue weighted by molar-refractivity contribution is 5.21. The van der Waals surface area contributed by atoms with E-state index >= 15 is 0 Å². The van der Waals surface area contributed by atoms with Crippen LogP contribution in [0.4, 0.5) is 0 Å². The van der Waals surface area contributed by atoms with E-state index in [1.165, 1.54) is 47.3 Å². The summed E-state index contributed by atoms with van der Waals surface area (Å²) in [5.74, 6) is 12.7. The second-order valence-corrected chi connectivity index (χ2v) is 10.7. The van der Waals surface area contributed by atoms with Gasteiger partial charge in [-0.2, -0.15) is 0 Å². The van der Waals surface area contributed by atoms with Gasteiger partial charge in [-0.3, -0.25) is 0 Å². The van der Waals surface area contributed by atoms with Crippen molar-refractivity contribution < 1.29 is 0 Å². The Morgan fingerprint density at radius 2 is 1.38 bits per heavy atom. The summed E-state index contributed by atoms with van der Waals surface area (Å²) in [6.07, 6.45) is 9.78. The molecule has 0 spiro atoms. The van der Waals surface area contributed by atoms with Crippen LogP contribution in [0.3, 0.4) is 0 Å². The van der Waals surface area contributed by atoms with Gasteiger partial charge in [0.05, 0.1) is 0 Å². The van der Waals surface area contributed by atoms with Gasteiger partial charge in [-0.15, -0.1) is 0 Å². The Hall–Kier alpha value is 0. The van der Waals surface area contributed by atoms with Crippen molar-refractivity contribution in [1.29, 1.82) is 0 Å². The molecule has 0 heterocycles. The zero-order valence-corrected chi connectivity index (χ0v) is 14.1. The Morgan fingerprint density at radius 1 is 0.762 bits per heavy atom. The fourth-order valence-corrected chi connectivity index (χ4v) is 9.86. The van der Waals surface area contributed by atoms with Crippen LogP contribution in [0.1, 0.15) is 59.3 Å². The van der Waals surface area contributed by atoms with Crippen molar-refractivity contribution in [2.24, 2.45) is 70.5 Å². The van der Waals surface area contributed by atoms with E-state index in [1.807, 2.05) is 0 Å². The molecule has 11 atom stereocenters. The van der Waals surface area contributed by atoms with Crippen molar-refractivity contribution in [2.45, 2.75) is 59.3 Å². The van der Waals surface area contributed by atoms with Gasteiger partial charge >= 0.3 is 0 Å². The summed E-state index contributed by atoms with van der Waals surface area (Å²) < 4.78 is 0. The van der Waals surface area contributed by atoms with E-state index in [0.717, 1.165) is 17.8 Å². The molecule has 0 aromatic rings. The first-order valence-electron chi connectivity index (χ1n) is 10.1. The first-order chi connectivity index (χ1) is 10.1. The zero-order valence-electron chi connectivity index (χ0n) is 14.1. The highest BCUT2D eigenvalue weighted by atomic mass is 14.8. The van der Waals surface area contributed by atoms with Crippen molar-refractivity contribution in [3.8, 4) is 0 Å². The van der Waals surface area contributed by atoms with E-state index in [-0.39, 0.29) is 0 Å². The summed E-state index contributed by atoms with van der Waals surface area (Å²) in [5, 5.41) is 0. The lowest BCUT2D eigenvalue weighted by Crippen LogP contribution is -2.46. The molecule has 0 aromatic heterocycles. The third-order valence-corrected chi connectivity index (χ3v) is 10.4. The predicted molar refractivity (Wildman–Crippen MR) is 85.5 cm³/mol. The quantitative estimate of drug-likeness (QED) is 0.578. The smallest absolute Gasteiger partial charge is 0.0269 e. The van der Waals surface area contributed by atoms with E-state index in [1.54, 1.807) is 38.5 Å². The van der Waals surface area contributed by atoms with Gasteiger partial charge in [0.15, 0.2) is 0 Å². The lowest BCUT2D eigenvalue weighted by molar-refractivity contribution is -0.0349. The second-order valence-electron chi connectivity index (χ2n) is 10.7. The van der Waals surface area contributed by atoms with Crippen molar-refractivity contribution in [1.82, 2.24) is 0 Å². The summed E-state index contributed by atoms with van der Waals surface area (Å²) in [5.41, 5.74) is 0.698. The molecule has 21 heavy (non-hydrogen) atoms. The van der Waals surface area contributed by atoms with Crippen molar-refractivity contribution in [3.63, 3.8) is 0 Å². The predicted octanol–water partition coefficient (Wildman–Crippen LogP) is 5.23. The largest absolute Gasteiger partial charge is 0.0622 e. The molecule has 0 aromatic carbocycles. The lowest BCUT2D eigenvalue weighted by atomic mass is 9.54. The molecule has 0 radical (unpaired) electrons. The summed E-state index contributed by atoms with van der Waals surface area (Å²) >= 11 is 0. The third kappa shape index (κ3) is 1.18. The topological polar surface area (TPSA) is 0 Å². The van der Waals surface area contributed by atoms with E-state index in [9.17, 15) is 0 Å². The minimum absolute atomic E-state index is 0.698. The van der Waals surface area contributed by atoms with Crippen LogP contribution in [0.15, 0.2) is 0 Å². The summed E-state index contributed by atoms with van der Waals surface area (Å²) in [6.45, 7) is 7.70. The number of hydrogen-bond acceptors (Lipinski definition) is 0. The van der Waals surface area contributed by atoms with Crippen LogP contribution in [-0.4, -0.2) is 0 Å². The van der Waals surface area contributed by atoms with Gasteiger partial charge in [-0.05, 0) is 109 Å². The average Bonchev–Trinajstić information content (AvgIpc) is 3.23. The molecule has 0 nitrogen and oxygen atoms in total. The highest BCUT2D eigenvalue weighted by Crippen LogP contribution is 2.79. The van der Waals surface area contributed by atoms with Gasteiger partial charge in [-0.25, -0.2) is 0 Å². The minimum Gasteiger partial charge on any atom is -0.0622 e. The monoisotopic (exact) mass is 284 g/mol. The fourth-order valence-electron chi connectivity index (χ4n) is 9.86. The van der Waals surface area contributed by atoms with E-state index in [0.29, 0.717) is 5.41 Å². The standard InChI is InChI=1S/C21H32/c1-10(2)21(3)9-13-7-16(21)20-15-8-14(19(13)20)17-11-4-5-12(6-11)18(15)17/h10-20H,4-9H2,1-3H3. The third-order valence-electron chi connectivity index (χ3n) is 10.4. The van der Waals surface area contributed by atoms with Crippen LogP contribution in [0.2, 0.25) is 0 Å². The average molecular weight is 284 g/mol. The number of fused-ring (bicyclic) bond motifs is 16. The van der Waals surface area contributed by atoms with E-state index in [2.05, 4.69) is 20.8 Å². The maximum atomic E-state index is 2.67. The van der Waals surface area contributed by atoms with Gasteiger partial charge in [0, 0.05) is 0 Å². The molecule has 6 aliphatic carbocycles. The lowest BCUT2D eigenvalue weighted by Gasteiger charge is -2.51. The summed E-state index contributed by atoms with van der Waals surface area (Å²) in [6, 6.07) is 0. The molecular formula is C21H32. The molecule has 11 unspecified atom stereocenters. The summed E-state index contributed by atoms with van der Waals surface area (Å²) in [4.78, 5) is 0. The van der Waals surface area contributed by atoms with Gasteiger partial charge in [0.1, 0.15) is 0 Å². The van der Waals surface area contributed by atoms with Crippen LogP contribution in [0, 0.1) is 70.5 Å². The molecule has 6 bridgehead atoms. The highest BCUT2D eigenvalue weighted by Gasteiger charge is 2.73. The Kier molecular flexibility index (Phi) is 2.11. The molecule has 0 heteroatoms. The molecule has 6 aliphatic rings. The van der Waals surface area contributed by atoms with Crippen LogP contribution >= 0.6 is 0 Å². The van der Waals surface area contributed by atoms with Gasteiger partial charge in [0.2, 0.25) is 0 Å². The Labute approximate surface area is 130 Å². The zero-order chi connectivity index (χ0) is 14.1. The maximum Gasteiger partial charge on any atom is -0.0269 e. The molecule has 0 aliphatic heterocycles. The van der Waals surface area contributed by atoms with Gasteiger partial charge in [0.25, 0.3) is 0 Å². The first-order valence-corrected chi connectivity index (χ1v) is 10.1. The van der Waals surface area contributed by atoms with Crippen molar-refractivity contribution >= 4 is 0 Å². The summed E-state index contributed by atoms with van der Waals surface area (Å²) in [7, 11) is 0. The second kappa shape index (κ2) is 3.57. The van der Waals surface area contributed by atoms with E-state index in [4.69, 9.17) is 0 Å². The first kappa shape index (κ1) is 12.4.